The first-order chi connectivity index (χ1) is 7.33. The normalized spacial score (nSPS) is 20.8. The van der Waals surface area contributed by atoms with Crippen molar-refractivity contribution in [1.82, 2.24) is 5.32 Å². The summed E-state index contributed by atoms with van der Waals surface area (Å²) in [7, 11) is 0. The van der Waals surface area contributed by atoms with E-state index in [4.69, 9.17) is 4.42 Å². The van der Waals surface area contributed by atoms with Crippen LogP contribution >= 0.6 is 0 Å². The van der Waals surface area contributed by atoms with Crippen molar-refractivity contribution in [2.24, 2.45) is 0 Å². The molecule has 1 amide bonds. The lowest BCUT2D eigenvalue weighted by molar-refractivity contribution is -0.119. The standard InChI is InChI=1S/C12H11NO2/c14-12-6-5-9(13-12)11-7-8-3-1-2-4-10(8)15-11/h1-4,7,9H,5-6H2,(H,13,14). The Bertz CT molecular complexity index is 482. The summed E-state index contributed by atoms with van der Waals surface area (Å²) >= 11 is 0. The third-order valence-electron chi connectivity index (χ3n) is 2.78. The van der Waals surface area contributed by atoms with Crippen LogP contribution in [0.1, 0.15) is 24.6 Å². The molecule has 1 aromatic carbocycles. The number of hydrogen-bond donors (Lipinski definition) is 1. The summed E-state index contributed by atoms with van der Waals surface area (Å²) in [5.74, 6) is 0.975. The highest BCUT2D eigenvalue weighted by Gasteiger charge is 2.24. The molecule has 2 heterocycles. The number of fused-ring (bicyclic) bond motifs is 1. The van der Waals surface area contributed by atoms with Gasteiger partial charge in [-0.25, -0.2) is 0 Å². The first kappa shape index (κ1) is 8.53. The van der Waals surface area contributed by atoms with Crippen LogP contribution in [-0.2, 0) is 4.79 Å². The molecule has 0 saturated carbocycles. The van der Waals surface area contributed by atoms with Crippen LogP contribution in [0.4, 0.5) is 0 Å². The molecular formula is C12H11NO2. The van der Waals surface area contributed by atoms with E-state index >= 15 is 0 Å². The fourth-order valence-electron chi connectivity index (χ4n) is 2.00. The SMILES string of the molecule is O=C1CCC(c2cc3ccccc3o2)N1. The van der Waals surface area contributed by atoms with Crippen molar-refractivity contribution >= 4 is 16.9 Å². The predicted molar refractivity (Wildman–Crippen MR) is 56.3 cm³/mol. The third-order valence-corrected chi connectivity index (χ3v) is 2.78. The van der Waals surface area contributed by atoms with E-state index in [1.54, 1.807) is 0 Å². The van der Waals surface area contributed by atoms with Crippen LogP contribution in [0.25, 0.3) is 11.0 Å². The molecule has 3 rings (SSSR count). The van der Waals surface area contributed by atoms with E-state index in [-0.39, 0.29) is 11.9 Å². The van der Waals surface area contributed by atoms with Crippen molar-refractivity contribution < 1.29 is 9.21 Å². The second kappa shape index (κ2) is 3.12. The van der Waals surface area contributed by atoms with Gasteiger partial charge in [0.25, 0.3) is 0 Å². The molecule has 76 valence electrons. The quantitative estimate of drug-likeness (QED) is 0.769. The molecule has 1 unspecified atom stereocenters. The van der Waals surface area contributed by atoms with Gasteiger partial charge in [0.2, 0.25) is 5.91 Å². The molecular weight excluding hydrogens is 190 g/mol. The number of amides is 1. The molecule has 1 saturated heterocycles. The van der Waals surface area contributed by atoms with Crippen molar-refractivity contribution in [1.29, 1.82) is 0 Å². The van der Waals surface area contributed by atoms with Gasteiger partial charge in [0.05, 0.1) is 6.04 Å². The van der Waals surface area contributed by atoms with Crippen molar-refractivity contribution in [2.45, 2.75) is 18.9 Å². The maximum Gasteiger partial charge on any atom is 0.220 e. The van der Waals surface area contributed by atoms with E-state index in [0.717, 1.165) is 23.2 Å². The van der Waals surface area contributed by atoms with Crippen LogP contribution in [0.2, 0.25) is 0 Å². The van der Waals surface area contributed by atoms with Crippen molar-refractivity contribution in [3.63, 3.8) is 0 Å². The summed E-state index contributed by atoms with van der Waals surface area (Å²) in [4.78, 5) is 11.1. The zero-order valence-electron chi connectivity index (χ0n) is 8.19. The van der Waals surface area contributed by atoms with E-state index in [1.165, 1.54) is 0 Å². The van der Waals surface area contributed by atoms with Crippen molar-refractivity contribution in [2.75, 3.05) is 0 Å². The minimum atomic E-state index is 0.0601. The van der Waals surface area contributed by atoms with Gasteiger partial charge in [0.15, 0.2) is 0 Å². The average molecular weight is 201 g/mol. The summed E-state index contributed by atoms with van der Waals surface area (Å²) in [6, 6.07) is 9.95. The summed E-state index contributed by atoms with van der Waals surface area (Å²) in [6.45, 7) is 0. The fraction of sp³-hybridized carbons (Fsp3) is 0.250. The van der Waals surface area contributed by atoms with Crippen molar-refractivity contribution in [3.8, 4) is 0 Å². The minimum absolute atomic E-state index is 0.0601. The summed E-state index contributed by atoms with van der Waals surface area (Å²) in [5, 5.41) is 3.99. The molecule has 0 radical (unpaired) electrons. The summed E-state index contributed by atoms with van der Waals surface area (Å²) < 4.78 is 5.69. The molecule has 15 heavy (non-hydrogen) atoms. The largest absolute Gasteiger partial charge is 0.459 e. The summed E-state index contributed by atoms with van der Waals surface area (Å²) in [6.07, 6.45) is 1.43. The molecule has 0 bridgehead atoms. The maximum absolute atomic E-state index is 11.1. The Morgan fingerprint density at radius 3 is 2.93 bits per heavy atom. The van der Waals surface area contributed by atoms with E-state index in [2.05, 4.69) is 5.32 Å². The van der Waals surface area contributed by atoms with Crippen LogP contribution in [0.3, 0.4) is 0 Å². The third kappa shape index (κ3) is 1.40. The van der Waals surface area contributed by atoms with Crippen LogP contribution in [0, 0.1) is 0 Å². The Balaban J connectivity index is 2.01. The first-order valence-electron chi connectivity index (χ1n) is 5.11. The van der Waals surface area contributed by atoms with Crippen LogP contribution in [-0.4, -0.2) is 5.91 Å². The molecule has 2 aromatic rings. The Labute approximate surface area is 87.1 Å². The van der Waals surface area contributed by atoms with Crippen LogP contribution < -0.4 is 5.32 Å². The molecule has 3 nitrogen and oxygen atoms in total. The van der Waals surface area contributed by atoms with Gasteiger partial charge < -0.3 is 9.73 Å². The maximum atomic E-state index is 11.1. The van der Waals surface area contributed by atoms with E-state index in [0.29, 0.717) is 6.42 Å². The van der Waals surface area contributed by atoms with Gasteiger partial charge in [0, 0.05) is 11.8 Å². The molecule has 0 aliphatic carbocycles. The second-order valence-electron chi connectivity index (χ2n) is 3.85. The van der Waals surface area contributed by atoms with Crippen LogP contribution in [0.5, 0.6) is 0 Å². The molecule has 1 aliphatic rings. The Morgan fingerprint density at radius 1 is 1.33 bits per heavy atom. The van der Waals surface area contributed by atoms with Gasteiger partial charge in [-0.2, -0.15) is 0 Å². The number of para-hydroxylation sites is 1. The number of furan rings is 1. The highest BCUT2D eigenvalue weighted by Crippen LogP contribution is 2.28. The lowest BCUT2D eigenvalue weighted by Crippen LogP contribution is -2.17. The van der Waals surface area contributed by atoms with Gasteiger partial charge in [-0.15, -0.1) is 0 Å². The van der Waals surface area contributed by atoms with E-state index in [1.807, 2.05) is 30.3 Å². The Hall–Kier alpha value is -1.77. The van der Waals surface area contributed by atoms with Gasteiger partial charge >= 0.3 is 0 Å². The molecule has 1 N–H and O–H groups in total. The number of carbonyl (C=O) groups is 1. The highest BCUT2D eigenvalue weighted by molar-refractivity contribution is 5.80. The Morgan fingerprint density at radius 2 is 2.20 bits per heavy atom. The number of benzene rings is 1. The monoisotopic (exact) mass is 201 g/mol. The molecule has 1 fully saturated rings. The van der Waals surface area contributed by atoms with Gasteiger partial charge in [-0.05, 0) is 18.6 Å². The number of rotatable bonds is 1. The van der Waals surface area contributed by atoms with Crippen LogP contribution in [0.15, 0.2) is 34.7 Å². The first-order valence-corrected chi connectivity index (χ1v) is 5.11. The molecule has 1 aliphatic heterocycles. The number of carbonyl (C=O) groups excluding carboxylic acids is 1. The molecule has 1 atom stereocenters. The zero-order chi connectivity index (χ0) is 10.3. The molecule has 3 heteroatoms. The fourth-order valence-corrected chi connectivity index (χ4v) is 2.00. The van der Waals surface area contributed by atoms with Gasteiger partial charge in [-0.1, -0.05) is 18.2 Å². The smallest absolute Gasteiger partial charge is 0.220 e. The summed E-state index contributed by atoms with van der Waals surface area (Å²) in [5.41, 5.74) is 0.883. The van der Waals surface area contributed by atoms with Gasteiger partial charge in [-0.3, -0.25) is 4.79 Å². The number of hydrogen-bond acceptors (Lipinski definition) is 2. The predicted octanol–water partition coefficient (Wildman–Crippen LogP) is 2.38. The second-order valence-corrected chi connectivity index (χ2v) is 3.85. The lowest BCUT2D eigenvalue weighted by Gasteiger charge is -2.04. The van der Waals surface area contributed by atoms with E-state index in [9.17, 15) is 4.79 Å². The van der Waals surface area contributed by atoms with Gasteiger partial charge in [0.1, 0.15) is 11.3 Å². The minimum Gasteiger partial charge on any atom is -0.459 e. The number of nitrogens with one attached hydrogen (secondary N) is 1. The zero-order valence-corrected chi connectivity index (χ0v) is 8.19. The Kier molecular flexibility index (Phi) is 1.78. The molecule has 1 aromatic heterocycles. The van der Waals surface area contributed by atoms with E-state index < -0.39 is 0 Å². The molecule has 0 spiro atoms. The lowest BCUT2D eigenvalue weighted by atomic mass is 10.1. The van der Waals surface area contributed by atoms with Crippen molar-refractivity contribution in [3.05, 3.63) is 36.1 Å². The average Bonchev–Trinajstić information content (AvgIpc) is 2.82. The topological polar surface area (TPSA) is 42.2 Å². The highest BCUT2D eigenvalue weighted by atomic mass is 16.3.